The molecular formula is C16H10FN3O2S. The van der Waals surface area contributed by atoms with Crippen LogP contribution in [-0.4, -0.2) is 14.6 Å². The van der Waals surface area contributed by atoms with Crippen LogP contribution in [0.15, 0.2) is 45.6 Å². The lowest BCUT2D eigenvalue weighted by Crippen LogP contribution is -2.23. The van der Waals surface area contributed by atoms with Gasteiger partial charge in [-0.25, -0.2) is 4.39 Å². The standard InChI is InChI=1S/C16H10FN3O2S/c1-9-2-7-12(22-9)8-13-15(21)20-16(23-13)18-14(19-20)10-3-5-11(17)6-4-10/h2-8H,1H3/b13-8-. The summed E-state index contributed by atoms with van der Waals surface area (Å²) in [5.74, 6) is 1.46. The smallest absolute Gasteiger partial charge is 0.291 e. The molecule has 4 aromatic rings. The molecule has 3 heterocycles. The minimum Gasteiger partial charge on any atom is -0.462 e. The van der Waals surface area contributed by atoms with Crippen molar-refractivity contribution in [2.75, 3.05) is 0 Å². The van der Waals surface area contributed by atoms with E-state index in [2.05, 4.69) is 10.1 Å². The second-order valence-electron chi connectivity index (χ2n) is 5.00. The molecule has 0 saturated heterocycles. The van der Waals surface area contributed by atoms with Gasteiger partial charge in [0.05, 0.1) is 0 Å². The van der Waals surface area contributed by atoms with Crippen LogP contribution in [0.5, 0.6) is 0 Å². The van der Waals surface area contributed by atoms with Gasteiger partial charge in [-0.15, -0.1) is 5.10 Å². The first-order valence-electron chi connectivity index (χ1n) is 6.84. The van der Waals surface area contributed by atoms with E-state index in [9.17, 15) is 9.18 Å². The Hall–Kier alpha value is -2.80. The van der Waals surface area contributed by atoms with Crippen molar-refractivity contribution in [1.82, 2.24) is 14.6 Å². The zero-order chi connectivity index (χ0) is 16.0. The maximum Gasteiger partial charge on any atom is 0.291 e. The van der Waals surface area contributed by atoms with E-state index < -0.39 is 0 Å². The number of nitrogens with zero attached hydrogens (tertiary/aromatic N) is 3. The van der Waals surface area contributed by atoms with Crippen molar-refractivity contribution in [3.05, 3.63) is 68.6 Å². The highest BCUT2D eigenvalue weighted by Gasteiger charge is 2.12. The summed E-state index contributed by atoms with van der Waals surface area (Å²) in [5.41, 5.74) is 0.411. The lowest BCUT2D eigenvalue weighted by molar-refractivity contribution is 0.525. The summed E-state index contributed by atoms with van der Waals surface area (Å²) in [6.45, 7) is 1.84. The summed E-state index contributed by atoms with van der Waals surface area (Å²) in [7, 11) is 0. The Morgan fingerprint density at radius 3 is 2.65 bits per heavy atom. The van der Waals surface area contributed by atoms with Gasteiger partial charge in [0.25, 0.3) is 5.56 Å². The second kappa shape index (κ2) is 5.13. The van der Waals surface area contributed by atoms with Crippen molar-refractivity contribution in [1.29, 1.82) is 0 Å². The van der Waals surface area contributed by atoms with Crippen LogP contribution in [0.1, 0.15) is 11.5 Å². The van der Waals surface area contributed by atoms with Crippen molar-refractivity contribution >= 4 is 22.4 Å². The first-order valence-corrected chi connectivity index (χ1v) is 7.65. The van der Waals surface area contributed by atoms with Crippen LogP contribution < -0.4 is 10.1 Å². The van der Waals surface area contributed by atoms with Crippen molar-refractivity contribution in [2.24, 2.45) is 0 Å². The van der Waals surface area contributed by atoms with E-state index in [1.807, 2.05) is 13.0 Å². The lowest BCUT2D eigenvalue weighted by atomic mass is 10.2. The van der Waals surface area contributed by atoms with Gasteiger partial charge in [-0.3, -0.25) is 4.79 Å². The quantitative estimate of drug-likeness (QED) is 0.567. The molecular weight excluding hydrogens is 317 g/mol. The van der Waals surface area contributed by atoms with E-state index in [1.165, 1.54) is 28.0 Å². The molecule has 0 aliphatic heterocycles. The number of aromatic nitrogens is 3. The highest BCUT2D eigenvalue weighted by Crippen LogP contribution is 2.17. The number of fused-ring (bicyclic) bond motifs is 1. The summed E-state index contributed by atoms with van der Waals surface area (Å²) in [4.78, 5) is 17.2. The zero-order valence-electron chi connectivity index (χ0n) is 12.0. The molecule has 0 unspecified atom stereocenters. The summed E-state index contributed by atoms with van der Waals surface area (Å²) in [6.07, 6.45) is 1.67. The van der Waals surface area contributed by atoms with Crippen LogP contribution in [-0.2, 0) is 0 Å². The molecule has 0 bridgehead atoms. The molecule has 7 heteroatoms. The highest BCUT2D eigenvalue weighted by molar-refractivity contribution is 7.15. The number of halogens is 1. The third-order valence-electron chi connectivity index (χ3n) is 3.32. The van der Waals surface area contributed by atoms with E-state index in [1.54, 1.807) is 24.3 Å². The Kier molecular flexibility index (Phi) is 3.09. The summed E-state index contributed by atoms with van der Waals surface area (Å²) < 4.78 is 20.2. The average Bonchev–Trinajstić information content (AvgIpc) is 3.19. The number of aryl methyl sites for hydroxylation is 1. The molecule has 114 valence electrons. The molecule has 0 spiro atoms. The first-order chi connectivity index (χ1) is 11.1. The molecule has 1 aromatic carbocycles. The molecule has 23 heavy (non-hydrogen) atoms. The first kappa shape index (κ1) is 13.8. The number of hydrogen-bond donors (Lipinski definition) is 0. The van der Waals surface area contributed by atoms with E-state index >= 15 is 0 Å². The Morgan fingerprint density at radius 2 is 2.00 bits per heavy atom. The van der Waals surface area contributed by atoms with Crippen LogP contribution in [0.2, 0.25) is 0 Å². The summed E-state index contributed by atoms with van der Waals surface area (Å²) in [5, 5.41) is 4.21. The van der Waals surface area contributed by atoms with Crippen molar-refractivity contribution in [2.45, 2.75) is 6.92 Å². The minimum absolute atomic E-state index is 0.250. The monoisotopic (exact) mass is 327 g/mol. The molecule has 0 aliphatic rings. The Balaban J connectivity index is 1.82. The normalized spacial score (nSPS) is 12.3. The third-order valence-corrected chi connectivity index (χ3v) is 4.28. The Morgan fingerprint density at radius 1 is 1.22 bits per heavy atom. The minimum atomic E-state index is -0.329. The summed E-state index contributed by atoms with van der Waals surface area (Å²) >= 11 is 1.23. The Bertz CT molecular complexity index is 1110. The fraction of sp³-hybridized carbons (Fsp3) is 0.0625. The van der Waals surface area contributed by atoms with Gasteiger partial charge in [-0.05, 0) is 43.3 Å². The maximum atomic E-state index is 13.0. The predicted molar refractivity (Wildman–Crippen MR) is 84.8 cm³/mol. The second-order valence-corrected chi connectivity index (χ2v) is 6.01. The predicted octanol–water partition coefficient (Wildman–Crippen LogP) is 2.41. The topological polar surface area (TPSA) is 60.4 Å². The zero-order valence-corrected chi connectivity index (χ0v) is 12.8. The lowest BCUT2D eigenvalue weighted by Gasteiger charge is -1.93. The van der Waals surface area contributed by atoms with Gasteiger partial charge >= 0.3 is 0 Å². The molecule has 4 rings (SSSR count). The van der Waals surface area contributed by atoms with Crippen molar-refractivity contribution in [3.8, 4) is 11.4 Å². The number of thiazole rings is 1. The molecule has 5 nitrogen and oxygen atoms in total. The molecule has 0 atom stereocenters. The molecule has 0 saturated carbocycles. The molecule has 0 amide bonds. The van der Waals surface area contributed by atoms with Gasteiger partial charge in [0.1, 0.15) is 21.9 Å². The van der Waals surface area contributed by atoms with E-state index in [4.69, 9.17) is 4.42 Å². The molecule has 0 radical (unpaired) electrons. The van der Waals surface area contributed by atoms with Crippen LogP contribution in [0.4, 0.5) is 4.39 Å². The van der Waals surface area contributed by atoms with Crippen molar-refractivity contribution in [3.63, 3.8) is 0 Å². The fourth-order valence-electron chi connectivity index (χ4n) is 2.22. The van der Waals surface area contributed by atoms with Gasteiger partial charge in [-0.2, -0.15) is 9.50 Å². The van der Waals surface area contributed by atoms with Crippen LogP contribution in [0.3, 0.4) is 0 Å². The number of hydrogen-bond acceptors (Lipinski definition) is 5. The number of rotatable bonds is 2. The van der Waals surface area contributed by atoms with Gasteiger partial charge in [0.15, 0.2) is 5.82 Å². The van der Waals surface area contributed by atoms with Gasteiger partial charge in [0, 0.05) is 11.6 Å². The van der Waals surface area contributed by atoms with Crippen molar-refractivity contribution < 1.29 is 8.81 Å². The number of benzene rings is 1. The van der Waals surface area contributed by atoms with E-state index in [0.29, 0.717) is 26.6 Å². The maximum absolute atomic E-state index is 13.0. The average molecular weight is 327 g/mol. The fourth-order valence-corrected chi connectivity index (χ4v) is 3.10. The molecule has 0 N–H and O–H groups in total. The molecule has 3 aromatic heterocycles. The van der Waals surface area contributed by atoms with Crippen LogP contribution in [0.25, 0.3) is 22.4 Å². The van der Waals surface area contributed by atoms with E-state index in [-0.39, 0.29) is 11.4 Å². The number of furan rings is 1. The van der Waals surface area contributed by atoms with Gasteiger partial charge in [0.2, 0.25) is 4.96 Å². The Labute approximate surface area is 133 Å². The SMILES string of the molecule is Cc1ccc(/C=c2\sc3nc(-c4ccc(F)cc4)nn3c2=O)o1. The van der Waals surface area contributed by atoms with Crippen LogP contribution in [0, 0.1) is 12.7 Å². The third kappa shape index (κ3) is 2.44. The van der Waals surface area contributed by atoms with Gasteiger partial charge < -0.3 is 4.42 Å². The van der Waals surface area contributed by atoms with Gasteiger partial charge in [-0.1, -0.05) is 11.3 Å². The molecule has 0 fully saturated rings. The largest absolute Gasteiger partial charge is 0.462 e. The van der Waals surface area contributed by atoms with E-state index in [0.717, 1.165) is 5.76 Å². The van der Waals surface area contributed by atoms with Crippen LogP contribution >= 0.6 is 11.3 Å². The highest BCUT2D eigenvalue weighted by atomic mass is 32.1. The molecule has 0 aliphatic carbocycles. The summed E-state index contributed by atoms with van der Waals surface area (Å²) in [6, 6.07) is 9.46.